The summed E-state index contributed by atoms with van der Waals surface area (Å²) in [6.45, 7) is 4.38. The fourth-order valence-electron chi connectivity index (χ4n) is 2.67. The van der Waals surface area contributed by atoms with E-state index < -0.39 is 10.0 Å². The summed E-state index contributed by atoms with van der Waals surface area (Å²) < 4.78 is 26.4. The van der Waals surface area contributed by atoms with Crippen LogP contribution in [0, 0.1) is 6.92 Å². The summed E-state index contributed by atoms with van der Waals surface area (Å²) in [6, 6.07) is 8.08. The lowest BCUT2D eigenvalue weighted by atomic mass is 9.94. The van der Waals surface area contributed by atoms with Gasteiger partial charge in [0.25, 0.3) is 0 Å². The van der Waals surface area contributed by atoms with Gasteiger partial charge >= 0.3 is 0 Å². The number of benzene rings is 1. The quantitative estimate of drug-likeness (QED) is 0.750. The van der Waals surface area contributed by atoms with E-state index in [4.69, 9.17) is 0 Å². The monoisotopic (exact) mass is 386 g/mol. The minimum atomic E-state index is -3.27. The molecule has 9 heteroatoms. The molecule has 1 aliphatic heterocycles. The van der Waals surface area contributed by atoms with Crippen LogP contribution < -0.4 is 4.72 Å². The number of hydrogen-bond donors (Lipinski definition) is 1. The molecule has 2 aromatic rings. The van der Waals surface area contributed by atoms with Crippen LogP contribution in [-0.4, -0.2) is 42.9 Å². The highest BCUT2D eigenvalue weighted by Crippen LogP contribution is 2.20. The van der Waals surface area contributed by atoms with Crippen LogP contribution >= 0.6 is 0 Å². The van der Waals surface area contributed by atoms with Gasteiger partial charge in [0.05, 0.1) is 11.5 Å². The van der Waals surface area contributed by atoms with E-state index in [1.165, 1.54) is 0 Å². The predicted octanol–water partition coefficient (Wildman–Crippen LogP) is 2.22. The van der Waals surface area contributed by atoms with Crippen molar-refractivity contribution >= 4 is 15.7 Å². The van der Waals surface area contributed by atoms with Crippen molar-refractivity contribution in [3.63, 3.8) is 0 Å². The molecule has 0 fully saturated rings. The summed E-state index contributed by atoms with van der Waals surface area (Å²) in [4.78, 5) is 8.84. The van der Waals surface area contributed by atoms with E-state index in [1.807, 2.05) is 31.2 Å². The van der Waals surface area contributed by atoms with E-state index in [-0.39, 0.29) is 11.7 Å². The second kappa shape index (κ2) is 8.45. The Bertz CT molecular complexity index is 937. The molecule has 0 amide bonds. The topological polar surface area (TPSA) is 109 Å². The van der Waals surface area contributed by atoms with Gasteiger partial charge in [0, 0.05) is 36.8 Å². The Hall–Kier alpha value is -2.52. The van der Waals surface area contributed by atoms with Crippen molar-refractivity contribution < 1.29 is 8.42 Å². The number of sulfonamides is 1. The van der Waals surface area contributed by atoms with E-state index in [2.05, 4.69) is 30.1 Å². The average molecular weight is 386 g/mol. The van der Waals surface area contributed by atoms with Crippen molar-refractivity contribution in [2.24, 2.45) is 15.4 Å². The van der Waals surface area contributed by atoms with Gasteiger partial charge in [-0.25, -0.2) is 23.1 Å². The zero-order valence-electron chi connectivity index (χ0n) is 15.3. The SMILES string of the molecule is CCS(=O)(=O)NCC(Cc1ncc(C2=NN=NC2)cn1)c1ccc(C)cc1. The van der Waals surface area contributed by atoms with Crippen LogP contribution in [0.25, 0.3) is 0 Å². The van der Waals surface area contributed by atoms with Crippen molar-refractivity contribution in [1.82, 2.24) is 14.7 Å². The van der Waals surface area contributed by atoms with Crippen molar-refractivity contribution in [1.29, 1.82) is 0 Å². The summed E-state index contributed by atoms with van der Waals surface area (Å²) in [5.41, 5.74) is 3.74. The van der Waals surface area contributed by atoms with Crippen LogP contribution in [0.15, 0.2) is 52.1 Å². The van der Waals surface area contributed by atoms with Gasteiger partial charge in [0.15, 0.2) is 0 Å². The standard InChI is InChI=1S/C18H22N6O2S/c1-3-27(25,26)22-11-15(14-6-4-13(2)5-7-14)8-18-19-9-16(10-20-18)17-12-21-24-23-17/h4-7,9-10,15,22H,3,8,11-12H2,1-2H3. The molecule has 1 atom stereocenters. The fourth-order valence-corrected chi connectivity index (χ4v) is 3.33. The number of nitrogens with one attached hydrogen (secondary N) is 1. The van der Waals surface area contributed by atoms with Crippen LogP contribution in [0.1, 0.15) is 35.4 Å². The van der Waals surface area contributed by atoms with Crippen molar-refractivity contribution in [2.75, 3.05) is 18.8 Å². The lowest BCUT2D eigenvalue weighted by Crippen LogP contribution is -2.30. The summed E-state index contributed by atoms with van der Waals surface area (Å²) in [5.74, 6) is 0.635. The molecule has 1 unspecified atom stereocenters. The number of nitrogens with zero attached hydrogens (tertiary/aromatic N) is 5. The van der Waals surface area contributed by atoms with Gasteiger partial charge in [0.1, 0.15) is 12.4 Å². The summed E-state index contributed by atoms with van der Waals surface area (Å²) in [5, 5.41) is 11.4. The Morgan fingerprint density at radius 3 is 2.44 bits per heavy atom. The van der Waals surface area contributed by atoms with Gasteiger partial charge in [-0.2, -0.15) is 5.11 Å². The second-order valence-electron chi connectivity index (χ2n) is 6.39. The van der Waals surface area contributed by atoms with Gasteiger partial charge in [-0.05, 0) is 24.6 Å². The maximum absolute atomic E-state index is 11.9. The summed E-state index contributed by atoms with van der Waals surface area (Å²) in [6.07, 6.45) is 3.94. The van der Waals surface area contributed by atoms with Crippen LogP contribution in [0.3, 0.4) is 0 Å². The van der Waals surface area contributed by atoms with Crippen molar-refractivity contribution in [2.45, 2.75) is 26.2 Å². The zero-order chi connectivity index (χ0) is 19.3. The first-order valence-corrected chi connectivity index (χ1v) is 10.4. The van der Waals surface area contributed by atoms with Gasteiger partial charge in [-0.15, -0.1) is 5.10 Å². The molecule has 0 saturated carbocycles. The molecule has 1 N–H and O–H groups in total. The molecule has 1 aromatic carbocycles. The Kier molecular flexibility index (Phi) is 6.02. The largest absolute Gasteiger partial charge is 0.241 e. The third-order valence-corrected chi connectivity index (χ3v) is 5.76. The van der Waals surface area contributed by atoms with E-state index in [1.54, 1.807) is 19.3 Å². The van der Waals surface area contributed by atoms with Crippen molar-refractivity contribution in [3.8, 4) is 0 Å². The highest BCUT2D eigenvalue weighted by atomic mass is 32.2. The molecule has 142 valence electrons. The van der Waals surface area contributed by atoms with Gasteiger partial charge in [-0.1, -0.05) is 29.8 Å². The van der Waals surface area contributed by atoms with Crippen molar-refractivity contribution in [3.05, 3.63) is 59.2 Å². The first-order valence-electron chi connectivity index (χ1n) is 8.75. The van der Waals surface area contributed by atoms with Crippen LogP contribution in [0.2, 0.25) is 0 Å². The first kappa shape index (κ1) is 19.2. The van der Waals surface area contributed by atoms with E-state index >= 15 is 0 Å². The highest BCUT2D eigenvalue weighted by Gasteiger charge is 2.18. The molecule has 8 nitrogen and oxygen atoms in total. The molecule has 0 aliphatic carbocycles. The number of aryl methyl sites for hydroxylation is 1. The molecule has 1 aliphatic rings. The molecule has 0 radical (unpaired) electrons. The maximum Gasteiger partial charge on any atom is 0.211 e. The second-order valence-corrected chi connectivity index (χ2v) is 8.48. The molecule has 0 saturated heterocycles. The molecular weight excluding hydrogens is 364 g/mol. The van der Waals surface area contributed by atoms with Crippen LogP contribution in [0.5, 0.6) is 0 Å². The average Bonchev–Trinajstić information content (AvgIpc) is 3.21. The predicted molar refractivity (Wildman–Crippen MR) is 103 cm³/mol. The van der Waals surface area contributed by atoms with Crippen LogP contribution in [0.4, 0.5) is 0 Å². The third-order valence-electron chi connectivity index (χ3n) is 4.40. The van der Waals surface area contributed by atoms with Gasteiger partial charge < -0.3 is 0 Å². The van der Waals surface area contributed by atoms with Crippen LogP contribution in [-0.2, 0) is 16.4 Å². The molecule has 27 heavy (non-hydrogen) atoms. The van der Waals surface area contributed by atoms with E-state index in [9.17, 15) is 8.42 Å². The first-order chi connectivity index (χ1) is 13.0. The third kappa shape index (κ3) is 5.24. The molecule has 0 spiro atoms. The molecular formula is C18H22N6O2S. The Balaban J connectivity index is 1.76. The maximum atomic E-state index is 11.9. The zero-order valence-corrected chi connectivity index (χ0v) is 16.1. The molecule has 2 heterocycles. The molecule has 3 rings (SSSR count). The highest BCUT2D eigenvalue weighted by molar-refractivity contribution is 7.89. The van der Waals surface area contributed by atoms with E-state index in [0.717, 1.165) is 22.4 Å². The summed E-state index contributed by atoms with van der Waals surface area (Å²) in [7, 11) is -3.27. The Labute approximate surface area is 158 Å². The minimum Gasteiger partial charge on any atom is -0.241 e. The fraction of sp³-hybridized carbons (Fsp3) is 0.389. The Morgan fingerprint density at radius 1 is 1.15 bits per heavy atom. The normalized spacial score (nSPS) is 15.0. The molecule has 1 aromatic heterocycles. The lowest BCUT2D eigenvalue weighted by Gasteiger charge is -2.18. The molecule has 0 bridgehead atoms. The van der Waals surface area contributed by atoms with E-state index in [0.29, 0.717) is 25.3 Å². The minimum absolute atomic E-state index is 0.0526. The smallest absolute Gasteiger partial charge is 0.211 e. The lowest BCUT2D eigenvalue weighted by molar-refractivity contribution is 0.566. The Morgan fingerprint density at radius 2 is 1.85 bits per heavy atom. The van der Waals surface area contributed by atoms with Gasteiger partial charge in [-0.3, -0.25) is 0 Å². The summed E-state index contributed by atoms with van der Waals surface area (Å²) >= 11 is 0. The van der Waals surface area contributed by atoms with Gasteiger partial charge in [0.2, 0.25) is 10.0 Å². The number of aromatic nitrogens is 2. The number of rotatable bonds is 8. The number of hydrogen-bond acceptors (Lipinski definition) is 7.